The molecule has 252 valence electrons. The van der Waals surface area contributed by atoms with Crippen LogP contribution in [0.15, 0.2) is 42.6 Å². The molecule has 2 saturated carbocycles. The fourth-order valence-corrected chi connectivity index (χ4v) is 8.24. The number of benzene rings is 1. The predicted octanol–water partition coefficient (Wildman–Crippen LogP) is 5.02. The standard InChI is InChI=1S/C37H44N6O5/c1-22-31-14-11-26(36(46)40-15-3-5-28(21-40)38-37(47)48)20-43(31)39-33(22)32-16-25-4-2-6-30(34(25)42(32)17-23-7-8-23)27-18-41(19-27)35(45)24-9-12-29(44)13-10-24/h2,4,6,11,14,16,20,23-24,27-29,38,44H,3,5,7-10,12-13,15,17-19,21H2,1H3,(H,47,48)/t24?,28-,29?/m1/s1. The van der Waals surface area contributed by atoms with Crippen LogP contribution in [-0.4, -0.2) is 90.4 Å². The molecular weight excluding hydrogens is 608 g/mol. The maximum absolute atomic E-state index is 13.5. The Morgan fingerprint density at radius 1 is 0.958 bits per heavy atom. The fraction of sp³-hybridized carbons (Fsp3) is 0.514. The number of para-hydroxylation sites is 1. The third-order valence-corrected chi connectivity index (χ3v) is 11.2. The summed E-state index contributed by atoms with van der Waals surface area (Å²) in [4.78, 5) is 41.7. The van der Waals surface area contributed by atoms with E-state index < -0.39 is 6.09 Å². The van der Waals surface area contributed by atoms with Crippen LogP contribution in [-0.2, 0) is 11.3 Å². The van der Waals surface area contributed by atoms with E-state index in [-0.39, 0.29) is 35.8 Å². The van der Waals surface area contributed by atoms with Crippen molar-refractivity contribution in [2.75, 3.05) is 26.2 Å². The lowest BCUT2D eigenvalue weighted by molar-refractivity contribution is -0.141. The number of aromatic nitrogens is 3. The quantitative estimate of drug-likeness (QED) is 0.257. The number of fused-ring (bicyclic) bond motifs is 2. The summed E-state index contributed by atoms with van der Waals surface area (Å²) in [5.41, 5.74) is 7.02. The average Bonchev–Trinajstić information content (AvgIpc) is 3.72. The van der Waals surface area contributed by atoms with E-state index >= 15 is 0 Å². The number of hydrogen-bond donors (Lipinski definition) is 3. The second-order valence-electron chi connectivity index (χ2n) is 14.6. The molecule has 2 aliphatic carbocycles. The van der Waals surface area contributed by atoms with E-state index in [0.717, 1.165) is 80.6 Å². The molecule has 11 heteroatoms. The summed E-state index contributed by atoms with van der Waals surface area (Å²) in [6, 6.07) is 12.3. The molecule has 2 saturated heterocycles. The van der Waals surface area contributed by atoms with Crippen molar-refractivity contribution in [3.8, 4) is 11.4 Å². The molecule has 1 aromatic carbocycles. The number of pyridine rings is 1. The minimum Gasteiger partial charge on any atom is -0.465 e. The van der Waals surface area contributed by atoms with Gasteiger partial charge in [0.2, 0.25) is 5.91 Å². The Labute approximate surface area is 279 Å². The minimum absolute atomic E-state index is 0.0371. The summed E-state index contributed by atoms with van der Waals surface area (Å²) < 4.78 is 4.27. The van der Waals surface area contributed by atoms with Crippen LogP contribution >= 0.6 is 0 Å². The molecule has 3 N–H and O–H groups in total. The highest BCUT2D eigenvalue weighted by atomic mass is 16.4. The molecule has 4 fully saturated rings. The second kappa shape index (κ2) is 12.3. The van der Waals surface area contributed by atoms with Crippen LogP contribution in [0.2, 0.25) is 0 Å². The summed E-state index contributed by atoms with van der Waals surface area (Å²) in [5, 5.41) is 27.8. The Balaban J connectivity index is 1.08. The van der Waals surface area contributed by atoms with Gasteiger partial charge in [0.15, 0.2) is 0 Å². The highest BCUT2D eigenvalue weighted by Gasteiger charge is 2.38. The zero-order chi connectivity index (χ0) is 33.1. The van der Waals surface area contributed by atoms with Crippen molar-refractivity contribution < 1.29 is 24.6 Å². The van der Waals surface area contributed by atoms with E-state index in [4.69, 9.17) is 10.2 Å². The predicted molar refractivity (Wildman–Crippen MR) is 181 cm³/mol. The molecule has 0 bridgehead atoms. The van der Waals surface area contributed by atoms with Gasteiger partial charge in [0.1, 0.15) is 5.69 Å². The molecular formula is C37H44N6O5. The summed E-state index contributed by atoms with van der Waals surface area (Å²) in [7, 11) is 0. The van der Waals surface area contributed by atoms with Gasteiger partial charge in [0.05, 0.1) is 28.4 Å². The van der Waals surface area contributed by atoms with Crippen LogP contribution in [0.4, 0.5) is 4.79 Å². The number of carbonyl (C=O) groups is 3. The number of amides is 3. The Kier molecular flexibility index (Phi) is 7.89. The van der Waals surface area contributed by atoms with Gasteiger partial charge in [0, 0.05) is 67.7 Å². The van der Waals surface area contributed by atoms with Gasteiger partial charge in [-0.15, -0.1) is 0 Å². The zero-order valence-corrected chi connectivity index (χ0v) is 27.5. The Morgan fingerprint density at radius 3 is 2.50 bits per heavy atom. The zero-order valence-electron chi connectivity index (χ0n) is 27.5. The van der Waals surface area contributed by atoms with Crippen molar-refractivity contribution in [3.05, 3.63) is 59.3 Å². The molecule has 0 unspecified atom stereocenters. The van der Waals surface area contributed by atoms with Gasteiger partial charge in [-0.3, -0.25) is 9.59 Å². The topological polar surface area (TPSA) is 132 Å². The lowest BCUT2D eigenvalue weighted by Crippen LogP contribution is -2.51. The third kappa shape index (κ3) is 5.71. The lowest BCUT2D eigenvalue weighted by Gasteiger charge is -2.42. The van der Waals surface area contributed by atoms with Crippen molar-refractivity contribution in [1.29, 1.82) is 0 Å². The number of aliphatic hydroxyl groups excluding tert-OH is 1. The summed E-state index contributed by atoms with van der Waals surface area (Å²) in [6.07, 6.45) is 7.37. The highest BCUT2D eigenvalue weighted by molar-refractivity contribution is 5.95. The smallest absolute Gasteiger partial charge is 0.404 e. The molecule has 2 aliphatic heterocycles. The van der Waals surface area contributed by atoms with Gasteiger partial charge in [-0.25, -0.2) is 9.31 Å². The summed E-state index contributed by atoms with van der Waals surface area (Å²) >= 11 is 0. The first kappa shape index (κ1) is 30.9. The first-order chi connectivity index (χ1) is 23.2. The maximum Gasteiger partial charge on any atom is 0.404 e. The number of likely N-dealkylation sites (tertiary alicyclic amines) is 2. The lowest BCUT2D eigenvalue weighted by atomic mass is 9.83. The molecule has 1 atom stereocenters. The van der Waals surface area contributed by atoms with Gasteiger partial charge in [0.25, 0.3) is 5.91 Å². The monoisotopic (exact) mass is 652 g/mol. The van der Waals surface area contributed by atoms with Crippen molar-refractivity contribution in [2.24, 2.45) is 11.8 Å². The molecule has 4 aliphatic rings. The molecule has 11 nitrogen and oxygen atoms in total. The first-order valence-electron chi connectivity index (χ1n) is 17.6. The number of rotatable bonds is 7. The van der Waals surface area contributed by atoms with Gasteiger partial charge in [-0.05, 0) is 88.0 Å². The average molecular weight is 653 g/mol. The number of nitrogens with zero attached hydrogens (tertiary/aromatic N) is 5. The fourth-order valence-electron chi connectivity index (χ4n) is 8.24. The molecule has 0 spiro atoms. The van der Waals surface area contributed by atoms with Crippen LogP contribution in [0.1, 0.15) is 78.8 Å². The normalized spacial score (nSPS) is 23.4. The van der Waals surface area contributed by atoms with Crippen molar-refractivity contribution in [2.45, 2.75) is 82.9 Å². The van der Waals surface area contributed by atoms with Gasteiger partial charge < -0.3 is 29.9 Å². The van der Waals surface area contributed by atoms with E-state index in [1.165, 1.54) is 29.3 Å². The van der Waals surface area contributed by atoms with E-state index in [2.05, 4.69) is 41.1 Å². The Bertz CT molecular complexity index is 1890. The maximum atomic E-state index is 13.5. The third-order valence-electron chi connectivity index (χ3n) is 11.2. The van der Waals surface area contributed by atoms with E-state index in [0.29, 0.717) is 24.6 Å². The van der Waals surface area contributed by atoms with E-state index in [9.17, 15) is 19.5 Å². The van der Waals surface area contributed by atoms with Crippen molar-refractivity contribution in [3.63, 3.8) is 0 Å². The number of piperidine rings is 1. The molecule has 0 radical (unpaired) electrons. The minimum atomic E-state index is -1.07. The second-order valence-corrected chi connectivity index (χ2v) is 14.6. The number of nitrogens with one attached hydrogen (secondary N) is 1. The number of aliphatic hydroxyl groups is 1. The van der Waals surface area contributed by atoms with Gasteiger partial charge in [-0.2, -0.15) is 5.10 Å². The van der Waals surface area contributed by atoms with Crippen LogP contribution in [0.25, 0.3) is 27.8 Å². The Hall–Kier alpha value is -4.38. The SMILES string of the molecule is Cc1c(-c2cc3cccc(C4CN(C(=O)C5CCC(O)CC5)C4)c3n2CC2CC2)nn2cc(C(=O)N3CCC[C@@H](NC(=O)O)C3)ccc12. The van der Waals surface area contributed by atoms with Crippen LogP contribution in [0.5, 0.6) is 0 Å². The molecule has 3 aromatic heterocycles. The summed E-state index contributed by atoms with van der Waals surface area (Å²) in [6.45, 7) is 5.43. The number of carboxylic acid groups (broad SMARTS) is 1. The highest BCUT2D eigenvalue weighted by Crippen LogP contribution is 2.41. The number of hydrogen-bond acceptors (Lipinski definition) is 5. The molecule has 3 amide bonds. The molecule has 4 aromatic rings. The van der Waals surface area contributed by atoms with Gasteiger partial charge >= 0.3 is 6.09 Å². The largest absolute Gasteiger partial charge is 0.465 e. The van der Waals surface area contributed by atoms with Crippen LogP contribution in [0.3, 0.4) is 0 Å². The molecule has 8 rings (SSSR count). The number of carbonyl (C=O) groups excluding carboxylic acids is 2. The number of aryl methyl sites for hydroxylation is 1. The Morgan fingerprint density at radius 2 is 1.75 bits per heavy atom. The summed E-state index contributed by atoms with van der Waals surface area (Å²) in [5.74, 6) is 1.08. The van der Waals surface area contributed by atoms with Gasteiger partial charge in [-0.1, -0.05) is 18.2 Å². The van der Waals surface area contributed by atoms with Crippen LogP contribution < -0.4 is 5.32 Å². The first-order valence-corrected chi connectivity index (χ1v) is 17.6. The van der Waals surface area contributed by atoms with Crippen LogP contribution in [0, 0.1) is 18.8 Å². The molecule has 48 heavy (non-hydrogen) atoms. The van der Waals surface area contributed by atoms with Crippen molar-refractivity contribution in [1.82, 2.24) is 29.3 Å². The van der Waals surface area contributed by atoms with E-state index in [1.807, 2.05) is 21.5 Å². The molecule has 5 heterocycles. The van der Waals surface area contributed by atoms with Crippen molar-refractivity contribution >= 4 is 34.3 Å². The van der Waals surface area contributed by atoms with E-state index in [1.54, 1.807) is 11.1 Å².